The quantitative estimate of drug-likeness (QED) is 0.511. The van der Waals surface area contributed by atoms with Crippen molar-refractivity contribution < 1.29 is 4.74 Å². The van der Waals surface area contributed by atoms with Gasteiger partial charge in [-0.15, -0.1) is 0 Å². The van der Waals surface area contributed by atoms with E-state index in [1.165, 1.54) is 6.42 Å². The molecule has 0 aromatic heterocycles. The highest BCUT2D eigenvalue weighted by Crippen LogP contribution is 2.25. The fraction of sp³-hybridized carbons (Fsp3) is 0.647. The molecule has 1 rings (SSSR count). The van der Waals surface area contributed by atoms with Gasteiger partial charge in [0.1, 0.15) is 5.75 Å². The summed E-state index contributed by atoms with van der Waals surface area (Å²) in [6, 6.07) is 6.52. The number of benzene rings is 1. The van der Waals surface area contributed by atoms with E-state index in [0.29, 0.717) is 18.3 Å². The summed E-state index contributed by atoms with van der Waals surface area (Å²) in [5.74, 6) is 0.779. The number of hydrogen-bond acceptors (Lipinski definition) is 4. The lowest BCUT2D eigenvalue weighted by atomic mass is 10.2. The molecule has 21 heavy (non-hydrogen) atoms. The Morgan fingerprint density at radius 2 is 2.05 bits per heavy atom. The monoisotopic (exact) mass is 293 g/mol. The zero-order valence-electron chi connectivity index (χ0n) is 14.0. The normalized spacial score (nSPS) is 11.1. The number of nitrogen functional groups attached to an aromatic ring is 1. The van der Waals surface area contributed by atoms with E-state index >= 15 is 0 Å². The molecule has 120 valence electrons. The van der Waals surface area contributed by atoms with Gasteiger partial charge in [0.2, 0.25) is 0 Å². The van der Waals surface area contributed by atoms with Crippen LogP contribution in [-0.4, -0.2) is 37.7 Å². The lowest BCUT2D eigenvalue weighted by Crippen LogP contribution is -2.27. The highest BCUT2D eigenvalue weighted by Gasteiger charge is 2.03. The number of nitrogens with one attached hydrogen (secondary N) is 1. The molecule has 3 N–H and O–H groups in total. The Bertz CT molecular complexity index is 407. The first-order valence-corrected chi connectivity index (χ1v) is 8.01. The predicted octanol–water partition coefficient (Wildman–Crippen LogP) is 3.59. The Morgan fingerprint density at radius 3 is 2.71 bits per heavy atom. The Balaban J connectivity index is 2.32. The van der Waals surface area contributed by atoms with E-state index in [-0.39, 0.29) is 0 Å². The van der Waals surface area contributed by atoms with Crippen molar-refractivity contribution in [2.24, 2.45) is 0 Å². The van der Waals surface area contributed by atoms with Gasteiger partial charge >= 0.3 is 0 Å². The fourth-order valence-electron chi connectivity index (χ4n) is 1.96. The van der Waals surface area contributed by atoms with Crippen molar-refractivity contribution in [1.82, 2.24) is 4.90 Å². The molecule has 0 radical (unpaired) electrons. The molecule has 0 saturated heterocycles. The standard InChI is InChI=1S/C17H31N3O/c1-5-12-21-17-13-15(8-9-16(17)18)19-10-6-7-11-20(4)14(2)3/h8-9,13-14,19H,5-7,10-12,18H2,1-4H3. The van der Waals surface area contributed by atoms with Crippen LogP contribution in [-0.2, 0) is 0 Å². The molecule has 0 atom stereocenters. The maximum absolute atomic E-state index is 5.91. The molecule has 1 aromatic carbocycles. The first kappa shape index (κ1) is 17.6. The van der Waals surface area contributed by atoms with Crippen LogP contribution in [0.15, 0.2) is 18.2 Å². The van der Waals surface area contributed by atoms with Crippen molar-refractivity contribution in [2.45, 2.75) is 46.1 Å². The average Bonchev–Trinajstić information content (AvgIpc) is 2.46. The third-order valence-electron chi connectivity index (χ3n) is 3.62. The molecular weight excluding hydrogens is 262 g/mol. The van der Waals surface area contributed by atoms with E-state index in [0.717, 1.165) is 37.4 Å². The summed E-state index contributed by atoms with van der Waals surface area (Å²) in [5, 5.41) is 3.44. The summed E-state index contributed by atoms with van der Waals surface area (Å²) in [5.41, 5.74) is 7.69. The molecule has 0 spiro atoms. The van der Waals surface area contributed by atoms with E-state index in [1.807, 2.05) is 18.2 Å². The molecular formula is C17H31N3O. The minimum Gasteiger partial charge on any atom is -0.491 e. The van der Waals surface area contributed by atoms with Gasteiger partial charge in [-0.05, 0) is 58.8 Å². The molecule has 1 aromatic rings. The van der Waals surface area contributed by atoms with Gasteiger partial charge in [-0.2, -0.15) is 0 Å². The summed E-state index contributed by atoms with van der Waals surface area (Å²) in [6.45, 7) is 9.37. The van der Waals surface area contributed by atoms with Crippen molar-refractivity contribution in [3.63, 3.8) is 0 Å². The third kappa shape index (κ3) is 6.71. The SMILES string of the molecule is CCCOc1cc(NCCCCN(C)C(C)C)ccc1N. The van der Waals surface area contributed by atoms with Gasteiger partial charge in [-0.1, -0.05) is 6.92 Å². The van der Waals surface area contributed by atoms with Crippen molar-refractivity contribution in [3.05, 3.63) is 18.2 Å². The Labute approximate surface area is 129 Å². The van der Waals surface area contributed by atoms with E-state index in [2.05, 4.69) is 38.0 Å². The van der Waals surface area contributed by atoms with Gasteiger partial charge in [-0.3, -0.25) is 0 Å². The summed E-state index contributed by atoms with van der Waals surface area (Å²) in [4.78, 5) is 2.37. The highest BCUT2D eigenvalue weighted by molar-refractivity contribution is 5.61. The topological polar surface area (TPSA) is 50.5 Å². The fourth-order valence-corrected chi connectivity index (χ4v) is 1.96. The van der Waals surface area contributed by atoms with E-state index in [1.54, 1.807) is 0 Å². The second-order valence-electron chi connectivity index (χ2n) is 5.81. The summed E-state index contributed by atoms with van der Waals surface area (Å²) >= 11 is 0. The largest absolute Gasteiger partial charge is 0.491 e. The highest BCUT2D eigenvalue weighted by atomic mass is 16.5. The molecule has 0 fully saturated rings. The number of unbranched alkanes of at least 4 members (excludes halogenated alkanes) is 1. The van der Waals surface area contributed by atoms with Crippen molar-refractivity contribution in [1.29, 1.82) is 0 Å². The minimum atomic E-state index is 0.619. The molecule has 4 nitrogen and oxygen atoms in total. The smallest absolute Gasteiger partial charge is 0.144 e. The number of rotatable bonds is 10. The van der Waals surface area contributed by atoms with Crippen LogP contribution in [0.4, 0.5) is 11.4 Å². The molecule has 0 bridgehead atoms. The van der Waals surface area contributed by atoms with Gasteiger partial charge in [-0.25, -0.2) is 0 Å². The van der Waals surface area contributed by atoms with Gasteiger partial charge in [0, 0.05) is 24.3 Å². The van der Waals surface area contributed by atoms with Crippen molar-refractivity contribution in [3.8, 4) is 5.75 Å². The molecule has 0 amide bonds. The molecule has 0 aliphatic carbocycles. The minimum absolute atomic E-state index is 0.619. The first-order chi connectivity index (χ1) is 10.0. The number of anilines is 2. The molecule has 4 heteroatoms. The zero-order chi connectivity index (χ0) is 15.7. The predicted molar refractivity (Wildman–Crippen MR) is 92.1 cm³/mol. The van der Waals surface area contributed by atoms with Gasteiger partial charge in [0.15, 0.2) is 0 Å². The van der Waals surface area contributed by atoms with Gasteiger partial charge < -0.3 is 20.7 Å². The van der Waals surface area contributed by atoms with Crippen LogP contribution in [0.5, 0.6) is 5.75 Å². The lowest BCUT2D eigenvalue weighted by molar-refractivity contribution is 0.269. The Kier molecular flexibility index (Phi) is 7.98. The van der Waals surface area contributed by atoms with Crippen LogP contribution in [0.1, 0.15) is 40.0 Å². The number of hydrogen-bond donors (Lipinski definition) is 2. The van der Waals surface area contributed by atoms with Crippen LogP contribution in [0.25, 0.3) is 0 Å². The molecule has 0 unspecified atom stereocenters. The zero-order valence-corrected chi connectivity index (χ0v) is 14.0. The van der Waals surface area contributed by atoms with E-state index in [9.17, 15) is 0 Å². The molecule has 0 aliphatic rings. The second-order valence-corrected chi connectivity index (χ2v) is 5.81. The molecule has 0 heterocycles. The first-order valence-electron chi connectivity index (χ1n) is 8.01. The van der Waals surface area contributed by atoms with Gasteiger partial charge in [0.25, 0.3) is 0 Å². The number of ether oxygens (including phenoxy) is 1. The van der Waals surface area contributed by atoms with Crippen LogP contribution in [0.2, 0.25) is 0 Å². The van der Waals surface area contributed by atoms with Crippen LogP contribution in [0.3, 0.4) is 0 Å². The lowest BCUT2D eigenvalue weighted by Gasteiger charge is -2.20. The second kappa shape index (κ2) is 9.50. The number of nitrogens with zero attached hydrogens (tertiary/aromatic N) is 1. The Hall–Kier alpha value is -1.42. The summed E-state index contributed by atoms with van der Waals surface area (Å²) in [7, 11) is 2.18. The van der Waals surface area contributed by atoms with Gasteiger partial charge in [0.05, 0.1) is 12.3 Å². The van der Waals surface area contributed by atoms with Crippen LogP contribution in [0, 0.1) is 0 Å². The van der Waals surface area contributed by atoms with Crippen molar-refractivity contribution >= 4 is 11.4 Å². The van der Waals surface area contributed by atoms with E-state index in [4.69, 9.17) is 10.5 Å². The van der Waals surface area contributed by atoms with Crippen LogP contribution >= 0.6 is 0 Å². The molecule has 0 saturated carbocycles. The van der Waals surface area contributed by atoms with Crippen LogP contribution < -0.4 is 15.8 Å². The third-order valence-corrected chi connectivity index (χ3v) is 3.62. The maximum Gasteiger partial charge on any atom is 0.144 e. The Morgan fingerprint density at radius 1 is 1.29 bits per heavy atom. The number of nitrogens with two attached hydrogens (primary N) is 1. The average molecular weight is 293 g/mol. The van der Waals surface area contributed by atoms with Crippen molar-refractivity contribution in [2.75, 3.05) is 37.8 Å². The van der Waals surface area contributed by atoms with E-state index < -0.39 is 0 Å². The summed E-state index contributed by atoms with van der Waals surface area (Å²) in [6.07, 6.45) is 3.35. The summed E-state index contributed by atoms with van der Waals surface area (Å²) < 4.78 is 5.64. The maximum atomic E-state index is 5.91. The molecule has 0 aliphatic heterocycles.